The van der Waals surface area contributed by atoms with Crippen LogP contribution in [0.3, 0.4) is 0 Å². The van der Waals surface area contributed by atoms with E-state index in [4.69, 9.17) is 9.26 Å². The van der Waals surface area contributed by atoms with Crippen LogP contribution in [0.1, 0.15) is 22.4 Å². The zero-order valence-electron chi connectivity index (χ0n) is 15.7. The van der Waals surface area contributed by atoms with Gasteiger partial charge < -0.3 is 14.2 Å². The third-order valence-electron chi connectivity index (χ3n) is 4.45. The summed E-state index contributed by atoms with van der Waals surface area (Å²) in [4.78, 5) is 25.9. The SMILES string of the molecule is Cc1ccc(CN(C)C(=O)COC(=O)Cc2noc3ccccc23)c(C)c1. The second kappa shape index (κ2) is 8.03. The Labute approximate surface area is 157 Å². The van der Waals surface area contributed by atoms with Crippen LogP contribution >= 0.6 is 0 Å². The number of nitrogens with zero attached hydrogens (tertiary/aromatic N) is 2. The van der Waals surface area contributed by atoms with Gasteiger partial charge in [-0.05, 0) is 37.1 Å². The minimum atomic E-state index is -0.512. The van der Waals surface area contributed by atoms with Gasteiger partial charge in [0.1, 0.15) is 5.69 Å². The van der Waals surface area contributed by atoms with E-state index in [9.17, 15) is 9.59 Å². The molecule has 6 heteroatoms. The van der Waals surface area contributed by atoms with Gasteiger partial charge in [-0.3, -0.25) is 9.59 Å². The highest BCUT2D eigenvalue weighted by Gasteiger charge is 2.16. The standard InChI is InChI=1S/C21H22N2O4/c1-14-8-9-16(15(2)10-14)12-23(3)20(24)13-26-21(25)11-18-17-6-4-5-7-19(17)27-22-18/h4-10H,11-13H2,1-3H3. The summed E-state index contributed by atoms with van der Waals surface area (Å²) in [7, 11) is 1.70. The topological polar surface area (TPSA) is 72.6 Å². The average Bonchev–Trinajstić information content (AvgIpc) is 3.05. The fourth-order valence-electron chi connectivity index (χ4n) is 2.87. The first kappa shape index (κ1) is 18.6. The Hall–Kier alpha value is -3.15. The molecular formula is C21H22N2O4. The number of carbonyl (C=O) groups is 2. The fourth-order valence-corrected chi connectivity index (χ4v) is 2.87. The smallest absolute Gasteiger partial charge is 0.312 e. The van der Waals surface area contributed by atoms with Crippen LogP contribution in [-0.4, -0.2) is 35.6 Å². The van der Waals surface area contributed by atoms with Crippen molar-refractivity contribution in [2.24, 2.45) is 0 Å². The lowest BCUT2D eigenvalue weighted by Crippen LogP contribution is -2.31. The van der Waals surface area contributed by atoms with E-state index in [1.807, 2.05) is 44.2 Å². The zero-order valence-corrected chi connectivity index (χ0v) is 15.7. The molecule has 140 valence electrons. The predicted octanol–water partition coefficient (Wildman–Crippen LogP) is 3.19. The molecule has 0 aliphatic heterocycles. The van der Waals surface area contributed by atoms with Gasteiger partial charge in [-0.2, -0.15) is 0 Å². The molecule has 0 aliphatic carbocycles. The van der Waals surface area contributed by atoms with Gasteiger partial charge in [0, 0.05) is 19.0 Å². The number of esters is 1. The van der Waals surface area contributed by atoms with Crippen LogP contribution in [0.2, 0.25) is 0 Å². The number of amides is 1. The molecule has 0 atom stereocenters. The van der Waals surface area contributed by atoms with E-state index in [0.29, 0.717) is 17.8 Å². The largest absolute Gasteiger partial charge is 0.455 e. The van der Waals surface area contributed by atoms with Crippen molar-refractivity contribution >= 4 is 22.8 Å². The summed E-state index contributed by atoms with van der Waals surface area (Å²) in [5.74, 6) is -0.768. The normalized spacial score (nSPS) is 10.8. The first-order valence-electron chi connectivity index (χ1n) is 8.73. The van der Waals surface area contributed by atoms with Crippen molar-refractivity contribution in [1.82, 2.24) is 10.1 Å². The maximum Gasteiger partial charge on any atom is 0.312 e. The van der Waals surface area contributed by atoms with Gasteiger partial charge in [0.2, 0.25) is 0 Å². The summed E-state index contributed by atoms with van der Waals surface area (Å²) in [5, 5.41) is 4.67. The molecule has 6 nitrogen and oxygen atoms in total. The fraction of sp³-hybridized carbons (Fsp3) is 0.286. The highest BCUT2D eigenvalue weighted by molar-refractivity contribution is 5.85. The van der Waals surface area contributed by atoms with Crippen LogP contribution in [0.25, 0.3) is 11.0 Å². The first-order chi connectivity index (χ1) is 12.9. The molecule has 0 saturated carbocycles. The van der Waals surface area contributed by atoms with E-state index >= 15 is 0 Å². The third kappa shape index (κ3) is 4.53. The predicted molar refractivity (Wildman–Crippen MR) is 101 cm³/mol. The summed E-state index contributed by atoms with van der Waals surface area (Å²) in [6.07, 6.45) is -0.0366. The Bertz CT molecular complexity index is 977. The summed E-state index contributed by atoms with van der Waals surface area (Å²) >= 11 is 0. The lowest BCUT2D eigenvalue weighted by atomic mass is 10.1. The third-order valence-corrected chi connectivity index (χ3v) is 4.45. The maximum absolute atomic E-state index is 12.3. The number of hydrogen-bond donors (Lipinski definition) is 0. The van der Waals surface area contributed by atoms with Crippen LogP contribution in [0.4, 0.5) is 0 Å². The molecule has 0 radical (unpaired) electrons. The molecule has 0 fully saturated rings. The molecule has 1 heterocycles. The Kier molecular flexibility index (Phi) is 5.54. The average molecular weight is 366 g/mol. The van der Waals surface area contributed by atoms with Crippen LogP contribution in [0, 0.1) is 13.8 Å². The van der Waals surface area contributed by atoms with Crippen molar-refractivity contribution in [1.29, 1.82) is 0 Å². The van der Waals surface area contributed by atoms with Crippen molar-refractivity contribution < 1.29 is 18.8 Å². The van der Waals surface area contributed by atoms with Gasteiger partial charge in [-0.15, -0.1) is 0 Å². The molecule has 0 spiro atoms. The summed E-state index contributed by atoms with van der Waals surface area (Å²) in [5.41, 5.74) is 4.50. The molecule has 27 heavy (non-hydrogen) atoms. The van der Waals surface area contributed by atoms with E-state index in [1.165, 1.54) is 5.56 Å². The van der Waals surface area contributed by atoms with Gasteiger partial charge in [0.15, 0.2) is 12.2 Å². The number of ether oxygens (including phenoxy) is 1. The second-order valence-electron chi connectivity index (χ2n) is 6.64. The van der Waals surface area contributed by atoms with Crippen molar-refractivity contribution in [3.63, 3.8) is 0 Å². The van der Waals surface area contributed by atoms with Crippen LogP contribution < -0.4 is 0 Å². The van der Waals surface area contributed by atoms with E-state index in [1.54, 1.807) is 18.0 Å². The lowest BCUT2D eigenvalue weighted by Gasteiger charge is -2.18. The van der Waals surface area contributed by atoms with E-state index in [0.717, 1.165) is 16.5 Å². The second-order valence-corrected chi connectivity index (χ2v) is 6.64. The van der Waals surface area contributed by atoms with Gasteiger partial charge >= 0.3 is 5.97 Å². The maximum atomic E-state index is 12.3. The Morgan fingerprint density at radius 2 is 1.93 bits per heavy atom. The number of para-hydroxylation sites is 1. The number of rotatable bonds is 6. The molecule has 3 rings (SSSR count). The highest BCUT2D eigenvalue weighted by Crippen LogP contribution is 2.18. The van der Waals surface area contributed by atoms with Crippen molar-refractivity contribution in [2.45, 2.75) is 26.8 Å². The van der Waals surface area contributed by atoms with E-state index < -0.39 is 5.97 Å². The molecular weight excluding hydrogens is 344 g/mol. The van der Waals surface area contributed by atoms with Gasteiger partial charge in [-0.1, -0.05) is 41.1 Å². The number of fused-ring (bicyclic) bond motifs is 1. The first-order valence-corrected chi connectivity index (χ1v) is 8.73. The highest BCUT2D eigenvalue weighted by atomic mass is 16.5. The van der Waals surface area contributed by atoms with Crippen molar-refractivity contribution in [3.8, 4) is 0 Å². The van der Waals surface area contributed by atoms with Gasteiger partial charge in [-0.25, -0.2) is 0 Å². The number of likely N-dealkylation sites (N-methyl/N-ethyl adjacent to an activating group) is 1. The monoisotopic (exact) mass is 366 g/mol. The van der Waals surface area contributed by atoms with Gasteiger partial charge in [0.25, 0.3) is 5.91 Å². The Morgan fingerprint density at radius 3 is 2.70 bits per heavy atom. The summed E-state index contributed by atoms with van der Waals surface area (Å²) in [6, 6.07) is 13.4. The summed E-state index contributed by atoms with van der Waals surface area (Å²) < 4.78 is 10.3. The molecule has 3 aromatic rings. The number of aromatic nitrogens is 1. The van der Waals surface area contributed by atoms with Crippen molar-refractivity contribution in [3.05, 3.63) is 64.8 Å². The number of hydrogen-bond acceptors (Lipinski definition) is 5. The minimum absolute atomic E-state index is 0.0366. The molecule has 0 aliphatic rings. The van der Waals surface area contributed by atoms with Crippen LogP contribution in [0.15, 0.2) is 47.0 Å². The molecule has 0 bridgehead atoms. The van der Waals surface area contributed by atoms with Crippen LogP contribution in [-0.2, 0) is 27.3 Å². The van der Waals surface area contributed by atoms with Gasteiger partial charge in [0.05, 0.1) is 6.42 Å². The minimum Gasteiger partial charge on any atom is -0.455 e. The Balaban J connectivity index is 1.52. The molecule has 0 N–H and O–H groups in total. The number of carbonyl (C=O) groups excluding carboxylic acids is 2. The number of benzene rings is 2. The van der Waals surface area contributed by atoms with Crippen molar-refractivity contribution in [2.75, 3.05) is 13.7 Å². The molecule has 1 aromatic heterocycles. The van der Waals surface area contributed by atoms with Crippen LogP contribution in [0.5, 0.6) is 0 Å². The summed E-state index contributed by atoms with van der Waals surface area (Å²) in [6.45, 7) is 4.22. The quantitative estimate of drug-likeness (QED) is 0.627. The molecule has 0 unspecified atom stereocenters. The molecule has 1 amide bonds. The molecule has 2 aromatic carbocycles. The molecule has 0 saturated heterocycles. The lowest BCUT2D eigenvalue weighted by molar-refractivity contribution is -0.151. The van der Waals surface area contributed by atoms with E-state index in [2.05, 4.69) is 11.2 Å². The zero-order chi connectivity index (χ0) is 19.4. The van der Waals surface area contributed by atoms with E-state index in [-0.39, 0.29) is 18.9 Å². The Morgan fingerprint density at radius 1 is 1.15 bits per heavy atom. The number of aryl methyl sites for hydroxylation is 2.